The highest BCUT2D eigenvalue weighted by atomic mass is 79.9. The molecule has 1 aromatic carbocycles. The highest BCUT2D eigenvalue weighted by Gasteiger charge is 2.26. The van der Waals surface area contributed by atoms with Crippen LogP contribution in [0.1, 0.15) is 30.3 Å². The zero-order valence-corrected chi connectivity index (χ0v) is 13.9. The minimum absolute atomic E-state index is 0.00866. The Kier molecular flexibility index (Phi) is 5.27. The molecule has 0 aliphatic heterocycles. The highest BCUT2D eigenvalue weighted by molar-refractivity contribution is 9.10. The molecule has 20 heavy (non-hydrogen) atoms. The number of benzene rings is 1. The van der Waals surface area contributed by atoms with Crippen molar-refractivity contribution in [1.82, 2.24) is 4.90 Å². The molecular formula is C15H18BrClN2O. The van der Waals surface area contributed by atoms with Crippen LogP contribution in [0, 0.1) is 0 Å². The molecule has 1 aromatic heterocycles. The third-order valence-electron chi connectivity index (χ3n) is 3.63. The Morgan fingerprint density at radius 2 is 2.05 bits per heavy atom. The molecule has 0 aliphatic carbocycles. The molecule has 2 unspecified atom stereocenters. The first kappa shape index (κ1) is 15.6. The van der Waals surface area contributed by atoms with Crippen molar-refractivity contribution in [3.63, 3.8) is 0 Å². The Morgan fingerprint density at radius 1 is 1.35 bits per heavy atom. The molecule has 5 heteroatoms. The fourth-order valence-corrected chi connectivity index (χ4v) is 3.06. The van der Waals surface area contributed by atoms with E-state index in [-0.39, 0.29) is 12.1 Å². The van der Waals surface area contributed by atoms with E-state index in [9.17, 15) is 0 Å². The number of likely N-dealkylation sites (N-methyl/N-ethyl adjacent to an activating group) is 1. The summed E-state index contributed by atoms with van der Waals surface area (Å²) in [6.45, 7) is 2.58. The Bertz CT molecular complexity index is 573. The smallest absolute Gasteiger partial charge is 0.136 e. The Balaban J connectivity index is 2.27. The second-order valence-electron chi connectivity index (χ2n) is 4.75. The summed E-state index contributed by atoms with van der Waals surface area (Å²) in [6, 6.07) is 9.87. The molecule has 0 spiro atoms. The van der Waals surface area contributed by atoms with Gasteiger partial charge in [-0.3, -0.25) is 4.90 Å². The molecule has 108 valence electrons. The van der Waals surface area contributed by atoms with Crippen LogP contribution in [0.15, 0.2) is 45.5 Å². The van der Waals surface area contributed by atoms with Crippen LogP contribution in [0.25, 0.3) is 0 Å². The molecular weight excluding hydrogens is 340 g/mol. The molecule has 2 rings (SSSR count). The van der Waals surface area contributed by atoms with Gasteiger partial charge in [-0.25, -0.2) is 0 Å². The SMILES string of the molecule is CC(c1ccccc1Cl)N(C)C(CN)c1occc1Br. The predicted octanol–water partition coefficient (Wildman–Crippen LogP) is 4.39. The van der Waals surface area contributed by atoms with Gasteiger partial charge >= 0.3 is 0 Å². The first-order valence-corrected chi connectivity index (χ1v) is 7.62. The summed E-state index contributed by atoms with van der Waals surface area (Å²) >= 11 is 9.77. The van der Waals surface area contributed by atoms with Crippen molar-refractivity contribution in [3.05, 3.63) is 57.4 Å². The highest BCUT2D eigenvalue weighted by Crippen LogP contribution is 2.34. The van der Waals surface area contributed by atoms with E-state index in [1.807, 2.05) is 37.4 Å². The Labute approximate surface area is 132 Å². The number of nitrogens with zero attached hydrogens (tertiary/aromatic N) is 1. The van der Waals surface area contributed by atoms with E-state index >= 15 is 0 Å². The van der Waals surface area contributed by atoms with E-state index in [1.54, 1.807) is 6.26 Å². The van der Waals surface area contributed by atoms with Gasteiger partial charge in [0.2, 0.25) is 0 Å². The van der Waals surface area contributed by atoms with Gasteiger partial charge in [0.1, 0.15) is 5.76 Å². The maximum atomic E-state index is 6.28. The van der Waals surface area contributed by atoms with Crippen molar-refractivity contribution in [3.8, 4) is 0 Å². The summed E-state index contributed by atoms with van der Waals surface area (Å²) in [4.78, 5) is 2.17. The Morgan fingerprint density at radius 3 is 2.60 bits per heavy atom. The van der Waals surface area contributed by atoms with Gasteiger partial charge in [-0.2, -0.15) is 0 Å². The predicted molar refractivity (Wildman–Crippen MR) is 85.8 cm³/mol. The number of furan rings is 1. The zero-order chi connectivity index (χ0) is 14.7. The maximum absolute atomic E-state index is 6.28. The van der Waals surface area contributed by atoms with Crippen molar-refractivity contribution in [2.24, 2.45) is 5.73 Å². The minimum Gasteiger partial charge on any atom is -0.466 e. The van der Waals surface area contributed by atoms with Gasteiger partial charge in [0.15, 0.2) is 0 Å². The average Bonchev–Trinajstić information content (AvgIpc) is 2.86. The van der Waals surface area contributed by atoms with E-state index < -0.39 is 0 Å². The number of rotatable bonds is 5. The van der Waals surface area contributed by atoms with Crippen LogP contribution in [0.5, 0.6) is 0 Å². The van der Waals surface area contributed by atoms with Crippen LogP contribution in [0.3, 0.4) is 0 Å². The fourth-order valence-electron chi connectivity index (χ4n) is 2.30. The zero-order valence-electron chi connectivity index (χ0n) is 11.5. The lowest BCUT2D eigenvalue weighted by atomic mass is 10.0. The van der Waals surface area contributed by atoms with Crippen LogP contribution < -0.4 is 5.73 Å². The summed E-state index contributed by atoms with van der Waals surface area (Å²) in [7, 11) is 2.03. The molecule has 0 aliphatic rings. The fraction of sp³-hybridized carbons (Fsp3) is 0.333. The van der Waals surface area contributed by atoms with Crippen molar-refractivity contribution in [2.45, 2.75) is 19.0 Å². The lowest BCUT2D eigenvalue weighted by molar-refractivity contribution is 0.168. The normalized spacial score (nSPS) is 14.5. The lowest BCUT2D eigenvalue weighted by Gasteiger charge is -2.32. The lowest BCUT2D eigenvalue weighted by Crippen LogP contribution is -2.32. The van der Waals surface area contributed by atoms with Crippen LogP contribution in [-0.4, -0.2) is 18.5 Å². The van der Waals surface area contributed by atoms with E-state index in [2.05, 4.69) is 27.8 Å². The largest absolute Gasteiger partial charge is 0.466 e. The Hall–Kier alpha value is -0.810. The second-order valence-corrected chi connectivity index (χ2v) is 6.01. The monoisotopic (exact) mass is 356 g/mol. The van der Waals surface area contributed by atoms with Gasteiger partial charge in [0, 0.05) is 17.6 Å². The molecule has 0 amide bonds. The van der Waals surface area contributed by atoms with Crippen molar-refractivity contribution >= 4 is 27.5 Å². The van der Waals surface area contributed by atoms with Gasteiger partial charge in [0.25, 0.3) is 0 Å². The van der Waals surface area contributed by atoms with Gasteiger partial charge in [-0.1, -0.05) is 29.8 Å². The minimum atomic E-state index is -0.00866. The molecule has 3 nitrogen and oxygen atoms in total. The summed E-state index contributed by atoms with van der Waals surface area (Å²) in [5, 5.41) is 0.765. The summed E-state index contributed by atoms with van der Waals surface area (Å²) in [6.07, 6.45) is 1.66. The average molecular weight is 358 g/mol. The van der Waals surface area contributed by atoms with Crippen LogP contribution in [0.2, 0.25) is 5.02 Å². The van der Waals surface area contributed by atoms with E-state index in [1.165, 1.54) is 0 Å². The van der Waals surface area contributed by atoms with E-state index in [4.69, 9.17) is 21.8 Å². The first-order chi connectivity index (χ1) is 9.56. The van der Waals surface area contributed by atoms with E-state index in [0.29, 0.717) is 6.54 Å². The maximum Gasteiger partial charge on any atom is 0.136 e. The van der Waals surface area contributed by atoms with Crippen molar-refractivity contribution in [2.75, 3.05) is 13.6 Å². The van der Waals surface area contributed by atoms with Gasteiger partial charge in [-0.05, 0) is 47.6 Å². The van der Waals surface area contributed by atoms with Crippen LogP contribution >= 0.6 is 27.5 Å². The summed E-state index contributed by atoms with van der Waals surface area (Å²) in [5.74, 6) is 0.842. The molecule has 0 bridgehead atoms. The van der Waals surface area contributed by atoms with Crippen LogP contribution in [0.4, 0.5) is 0 Å². The van der Waals surface area contributed by atoms with Gasteiger partial charge in [-0.15, -0.1) is 0 Å². The number of hydrogen-bond donors (Lipinski definition) is 1. The first-order valence-electron chi connectivity index (χ1n) is 6.45. The molecule has 2 aromatic rings. The molecule has 0 fully saturated rings. The quantitative estimate of drug-likeness (QED) is 0.863. The molecule has 2 atom stereocenters. The number of nitrogens with two attached hydrogens (primary N) is 1. The topological polar surface area (TPSA) is 42.4 Å². The summed E-state index contributed by atoms with van der Waals surface area (Å²) in [5.41, 5.74) is 7.01. The van der Waals surface area contributed by atoms with Gasteiger partial charge < -0.3 is 10.2 Å². The van der Waals surface area contributed by atoms with Gasteiger partial charge in [0.05, 0.1) is 16.8 Å². The number of halogens is 2. The van der Waals surface area contributed by atoms with Crippen molar-refractivity contribution < 1.29 is 4.42 Å². The number of hydrogen-bond acceptors (Lipinski definition) is 3. The third kappa shape index (κ3) is 3.09. The third-order valence-corrected chi connectivity index (χ3v) is 4.63. The molecule has 2 N–H and O–H groups in total. The standard InChI is InChI=1S/C15H18BrClN2O/c1-10(11-5-3-4-6-13(11)17)19(2)14(9-18)15-12(16)7-8-20-15/h3-8,10,14H,9,18H2,1-2H3. The molecule has 0 saturated carbocycles. The molecule has 1 heterocycles. The van der Waals surface area contributed by atoms with Crippen molar-refractivity contribution in [1.29, 1.82) is 0 Å². The summed E-state index contributed by atoms with van der Waals surface area (Å²) < 4.78 is 6.49. The second kappa shape index (κ2) is 6.76. The molecule has 0 radical (unpaired) electrons. The van der Waals surface area contributed by atoms with Crippen LogP contribution in [-0.2, 0) is 0 Å². The van der Waals surface area contributed by atoms with E-state index in [0.717, 1.165) is 20.8 Å². The molecule has 0 saturated heterocycles.